The molecule has 5 unspecified atom stereocenters. The average molecular weight is 508 g/mol. The summed E-state index contributed by atoms with van der Waals surface area (Å²) in [7, 11) is 0. The molecule has 4 aliphatic rings. The lowest BCUT2D eigenvalue weighted by Gasteiger charge is -2.56. The molecule has 0 radical (unpaired) electrons. The van der Waals surface area contributed by atoms with Crippen LogP contribution in [0.3, 0.4) is 0 Å². The fourth-order valence-electron chi connectivity index (χ4n) is 8.74. The van der Waals surface area contributed by atoms with Gasteiger partial charge in [-0.15, -0.1) is 0 Å². The Morgan fingerprint density at radius 2 is 1.22 bits per heavy atom. The quantitative estimate of drug-likeness (QED) is 0.253. The lowest BCUT2D eigenvalue weighted by atomic mass is 9.48. The van der Waals surface area contributed by atoms with Crippen LogP contribution in [0.1, 0.15) is 43.7 Å². The molecular weight excluding hydrogens is 479 g/mol. The van der Waals surface area contributed by atoms with Crippen LogP contribution in [0.4, 0.5) is 0 Å². The van der Waals surface area contributed by atoms with Gasteiger partial charge in [0.1, 0.15) is 0 Å². The largest absolute Gasteiger partial charge is 0.0827 e. The normalized spacial score (nSPS) is 30.7. The first-order valence-corrected chi connectivity index (χ1v) is 14.0. The predicted molar refractivity (Wildman–Crippen MR) is 151 cm³/mol. The van der Waals surface area contributed by atoms with Gasteiger partial charge in [0.15, 0.2) is 0 Å². The topological polar surface area (TPSA) is 0 Å². The molecule has 0 saturated heterocycles. The van der Waals surface area contributed by atoms with E-state index in [4.69, 9.17) is 23.2 Å². The van der Waals surface area contributed by atoms with Crippen molar-refractivity contribution in [3.8, 4) is 33.4 Å². The van der Waals surface area contributed by atoms with Gasteiger partial charge in [0.25, 0.3) is 0 Å². The number of hydrogen-bond donors (Lipinski definition) is 0. The first kappa shape index (κ1) is 21.5. The van der Waals surface area contributed by atoms with E-state index in [0.717, 1.165) is 28.9 Å². The van der Waals surface area contributed by atoms with Gasteiger partial charge in [-0.3, -0.25) is 0 Å². The summed E-state index contributed by atoms with van der Waals surface area (Å²) in [6, 6.07) is 31.3. The molecule has 2 heteroatoms. The standard InChI is InChI=1S/C34H28Cl2/c1-33-18-26-17-24(33)16-25(33)19-34(26)29-5-3-2-4-27(29)28-14-22(10-12-30(28)34)20-6-8-21(9-7-20)23-11-13-31(35)32(36)15-23/h2-15,24-26H,16-19H2,1H3. The van der Waals surface area contributed by atoms with Crippen LogP contribution in [-0.2, 0) is 5.41 Å². The molecule has 5 atom stereocenters. The Morgan fingerprint density at radius 1 is 0.583 bits per heavy atom. The van der Waals surface area contributed by atoms with Gasteiger partial charge in [-0.2, -0.15) is 0 Å². The summed E-state index contributed by atoms with van der Waals surface area (Å²) in [5.74, 6) is 2.62. The highest BCUT2D eigenvalue weighted by Crippen LogP contribution is 2.75. The summed E-state index contributed by atoms with van der Waals surface area (Å²) in [5, 5.41) is 1.18. The molecule has 0 amide bonds. The molecule has 0 aromatic heterocycles. The Balaban J connectivity index is 1.21. The maximum Gasteiger partial charge on any atom is 0.0598 e. The van der Waals surface area contributed by atoms with E-state index in [1.807, 2.05) is 18.2 Å². The predicted octanol–water partition coefficient (Wildman–Crippen LogP) is 10.0. The second kappa shape index (κ2) is 7.27. The van der Waals surface area contributed by atoms with Gasteiger partial charge in [0, 0.05) is 5.41 Å². The number of benzene rings is 4. The molecule has 2 bridgehead atoms. The zero-order chi connectivity index (χ0) is 24.2. The van der Waals surface area contributed by atoms with Crippen LogP contribution in [0, 0.1) is 23.2 Å². The van der Waals surface area contributed by atoms with E-state index >= 15 is 0 Å². The van der Waals surface area contributed by atoms with Crippen LogP contribution in [0.2, 0.25) is 10.0 Å². The molecule has 0 aliphatic heterocycles. The Hall–Kier alpha value is -2.54. The van der Waals surface area contributed by atoms with Crippen LogP contribution in [0.15, 0.2) is 84.9 Å². The van der Waals surface area contributed by atoms with Gasteiger partial charge in [0.05, 0.1) is 10.0 Å². The van der Waals surface area contributed by atoms with Gasteiger partial charge in [-0.1, -0.05) is 96.9 Å². The van der Waals surface area contributed by atoms with Crippen molar-refractivity contribution in [1.82, 2.24) is 0 Å². The van der Waals surface area contributed by atoms with Crippen molar-refractivity contribution in [1.29, 1.82) is 0 Å². The van der Waals surface area contributed by atoms with Crippen molar-refractivity contribution >= 4 is 23.2 Å². The number of rotatable bonds is 2. The molecule has 0 heterocycles. The summed E-state index contributed by atoms with van der Waals surface area (Å²) in [5.41, 5.74) is 11.7. The molecular formula is C34H28Cl2. The molecule has 0 nitrogen and oxygen atoms in total. The molecule has 4 aromatic carbocycles. The van der Waals surface area contributed by atoms with E-state index in [-0.39, 0.29) is 5.41 Å². The molecule has 3 saturated carbocycles. The van der Waals surface area contributed by atoms with E-state index < -0.39 is 0 Å². The summed E-state index contributed by atoms with van der Waals surface area (Å²) in [4.78, 5) is 0. The SMILES string of the molecule is CC12CC3CC1CC2CC31c2ccccc2-c2cc(-c3ccc(-c4ccc(Cl)c(Cl)c4)cc3)ccc21. The second-order valence-corrected chi connectivity index (χ2v) is 12.8. The van der Waals surface area contributed by atoms with Crippen LogP contribution < -0.4 is 0 Å². The van der Waals surface area contributed by atoms with Crippen molar-refractivity contribution in [2.24, 2.45) is 23.2 Å². The minimum atomic E-state index is 0.220. The summed E-state index contributed by atoms with van der Waals surface area (Å²) in [6.07, 6.45) is 5.62. The minimum Gasteiger partial charge on any atom is -0.0827 e. The van der Waals surface area contributed by atoms with Crippen molar-refractivity contribution < 1.29 is 0 Å². The number of halogens is 2. The molecule has 8 rings (SSSR count). The molecule has 3 fully saturated rings. The molecule has 1 spiro atoms. The summed E-state index contributed by atoms with van der Waals surface area (Å²) in [6.45, 7) is 2.59. The smallest absolute Gasteiger partial charge is 0.0598 e. The van der Waals surface area contributed by atoms with Crippen LogP contribution in [-0.4, -0.2) is 0 Å². The zero-order valence-electron chi connectivity index (χ0n) is 20.4. The second-order valence-electron chi connectivity index (χ2n) is 12.0. The fraction of sp³-hybridized carbons (Fsp3) is 0.294. The van der Waals surface area contributed by atoms with Crippen molar-refractivity contribution in [3.63, 3.8) is 0 Å². The number of hydrogen-bond acceptors (Lipinski definition) is 0. The van der Waals surface area contributed by atoms with E-state index in [1.54, 1.807) is 11.1 Å². The summed E-state index contributed by atoms with van der Waals surface area (Å²) < 4.78 is 0. The maximum absolute atomic E-state index is 6.26. The average Bonchev–Trinajstić information content (AvgIpc) is 3.20. The Kier molecular flexibility index (Phi) is 4.35. The highest BCUT2D eigenvalue weighted by molar-refractivity contribution is 6.42. The third-order valence-corrected chi connectivity index (χ3v) is 11.4. The van der Waals surface area contributed by atoms with Crippen molar-refractivity contribution in [3.05, 3.63) is 106 Å². The minimum absolute atomic E-state index is 0.220. The molecule has 4 aliphatic carbocycles. The maximum atomic E-state index is 6.26. The van der Waals surface area contributed by atoms with E-state index in [1.165, 1.54) is 47.9 Å². The Morgan fingerprint density at radius 3 is 2.00 bits per heavy atom. The molecule has 4 aromatic rings. The zero-order valence-corrected chi connectivity index (χ0v) is 21.9. The van der Waals surface area contributed by atoms with Crippen molar-refractivity contribution in [2.45, 2.75) is 38.0 Å². The van der Waals surface area contributed by atoms with Gasteiger partial charge in [-0.25, -0.2) is 0 Å². The molecule has 178 valence electrons. The first-order valence-electron chi connectivity index (χ1n) is 13.3. The fourth-order valence-corrected chi connectivity index (χ4v) is 9.03. The highest BCUT2D eigenvalue weighted by atomic mass is 35.5. The van der Waals surface area contributed by atoms with Gasteiger partial charge >= 0.3 is 0 Å². The third kappa shape index (κ3) is 2.67. The first-order chi connectivity index (χ1) is 17.5. The van der Waals surface area contributed by atoms with Crippen LogP contribution in [0.25, 0.3) is 33.4 Å². The lowest BCUT2D eigenvalue weighted by Crippen LogP contribution is -2.50. The van der Waals surface area contributed by atoms with E-state index in [9.17, 15) is 0 Å². The molecule has 0 N–H and O–H groups in total. The Labute approximate surface area is 223 Å². The van der Waals surface area contributed by atoms with E-state index in [2.05, 4.69) is 73.7 Å². The lowest BCUT2D eigenvalue weighted by molar-refractivity contribution is -0.0407. The molecule has 36 heavy (non-hydrogen) atoms. The summed E-state index contributed by atoms with van der Waals surface area (Å²) >= 11 is 12.4. The highest BCUT2D eigenvalue weighted by Gasteiger charge is 2.68. The van der Waals surface area contributed by atoms with Crippen molar-refractivity contribution in [2.75, 3.05) is 0 Å². The van der Waals surface area contributed by atoms with E-state index in [0.29, 0.717) is 15.5 Å². The van der Waals surface area contributed by atoms with Crippen LogP contribution >= 0.6 is 23.2 Å². The van der Waals surface area contributed by atoms with Crippen LogP contribution in [0.5, 0.6) is 0 Å². The van der Waals surface area contributed by atoms with Gasteiger partial charge < -0.3 is 0 Å². The monoisotopic (exact) mass is 506 g/mol. The number of fused-ring (bicyclic) bond motifs is 7. The Bertz CT molecular complexity index is 1550. The third-order valence-electron chi connectivity index (χ3n) is 10.6. The van der Waals surface area contributed by atoms with Gasteiger partial charge in [-0.05, 0) is 112 Å². The van der Waals surface area contributed by atoms with Gasteiger partial charge in [0.2, 0.25) is 0 Å².